The fourth-order valence-corrected chi connectivity index (χ4v) is 1.97. The van der Waals surface area contributed by atoms with Gasteiger partial charge in [0, 0.05) is 5.56 Å². The van der Waals surface area contributed by atoms with E-state index in [1.807, 2.05) is 36.9 Å². The number of benzene rings is 1. The van der Waals surface area contributed by atoms with Crippen molar-refractivity contribution in [1.29, 1.82) is 0 Å². The highest BCUT2D eigenvalue weighted by Gasteiger charge is 2.07. The highest BCUT2D eigenvalue weighted by atomic mass is 32.2. The summed E-state index contributed by atoms with van der Waals surface area (Å²) >= 11 is 6.76. The molecule has 5 heteroatoms. The Balaban J connectivity index is 2.73. The van der Waals surface area contributed by atoms with Crippen LogP contribution in [0.2, 0.25) is 0 Å². The summed E-state index contributed by atoms with van der Waals surface area (Å²) in [5.41, 5.74) is 6.40. The minimum Gasteiger partial charge on any atom is -0.490 e. The molecule has 1 aromatic rings. The fraction of sp³-hybridized carbons (Fsp3) is 0.462. The molecule has 0 aromatic heterocycles. The van der Waals surface area contributed by atoms with Gasteiger partial charge in [0.1, 0.15) is 4.99 Å². The number of thioether (sulfide) groups is 1. The van der Waals surface area contributed by atoms with E-state index < -0.39 is 0 Å². The lowest BCUT2D eigenvalue weighted by molar-refractivity contribution is 0.277. The number of hydrogen-bond acceptors (Lipinski definition) is 4. The third-order valence-corrected chi connectivity index (χ3v) is 3.21. The molecule has 0 fully saturated rings. The van der Waals surface area contributed by atoms with Crippen LogP contribution in [0.1, 0.15) is 18.9 Å². The Morgan fingerprint density at radius 1 is 1.33 bits per heavy atom. The molecule has 1 rings (SSSR count). The van der Waals surface area contributed by atoms with Gasteiger partial charge in [-0.2, -0.15) is 11.8 Å². The van der Waals surface area contributed by atoms with Crippen LogP contribution in [0.5, 0.6) is 11.5 Å². The van der Waals surface area contributed by atoms with Crippen molar-refractivity contribution in [3.8, 4) is 11.5 Å². The summed E-state index contributed by atoms with van der Waals surface area (Å²) in [6.07, 6.45) is 3.10. The SMILES string of the molecule is CCOc1cc(C(N)=S)ccc1OCCCSC. The predicted molar refractivity (Wildman–Crippen MR) is 82.0 cm³/mol. The lowest BCUT2D eigenvalue weighted by Crippen LogP contribution is -2.10. The molecule has 0 heterocycles. The second-order valence-corrected chi connectivity index (χ2v) is 5.08. The van der Waals surface area contributed by atoms with Gasteiger partial charge in [-0.05, 0) is 43.6 Å². The van der Waals surface area contributed by atoms with Crippen molar-refractivity contribution in [3.05, 3.63) is 23.8 Å². The Morgan fingerprint density at radius 2 is 2.11 bits per heavy atom. The first-order valence-corrected chi connectivity index (χ1v) is 7.67. The standard InChI is InChI=1S/C13H19NO2S2/c1-3-15-12-9-10(13(14)17)5-6-11(12)16-7-4-8-18-2/h5-6,9H,3-4,7-8H2,1-2H3,(H2,14,17). The van der Waals surface area contributed by atoms with Crippen LogP contribution in [0, 0.1) is 0 Å². The average molecular weight is 285 g/mol. The maximum Gasteiger partial charge on any atom is 0.161 e. The molecule has 0 radical (unpaired) electrons. The molecule has 2 N–H and O–H groups in total. The molecule has 1 aromatic carbocycles. The van der Waals surface area contributed by atoms with Gasteiger partial charge >= 0.3 is 0 Å². The van der Waals surface area contributed by atoms with Crippen LogP contribution in [0.15, 0.2) is 18.2 Å². The summed E-state index contributed by atoms with van der Waals surface area (Å²) in [6.45, 7) is 3.21. The quantitative estimate of drug-likeness (QED) is 0.588. The monoisotopic (exact) mass is 285 g/mol. The van der Waals surface area contributed by atoms with E-state index in [1.165, 1.54) is 0 Å². The van der Waals surface area contributed by atoms with Crippen molar-refractivity contribution in [2.24, 2.45) is 5.73 Å². The molecule has 0 unspecified atom stereocenters. The number of hydrogen-bond donors (Lipinski definition) is 1. The molecule has 0 amide bonds. The Labute approximate surface area is 118 Å². The molecule has 0 aliphatic rings. The number of ether oxygens (including phenoxy) is 2. The smallest absolute Gasteiger partial charge is 0.161 e. The summed E-state index contributed by atoms with van der Waals surface area (Å²) in [6, 6.07) is 5.54. The Kier molecular flexibility index (Phi) is 6.90. The van der Waals surface area contributed by atoms with E-state index in [1.54, 1.807) is 0 Å². The van der Waals surface area contributed by atoms with Crippen molar-refractivity contribution in [2.45, 2.75) is 13.3 Å². The Morgan fingerprint density at radius 3 is 2.72 bits per heavy atom. The fourth-order valence-electron chi connectivity index (χ4n) is 1.43. The van der Waals surface area contributed by atoms with E-state index in [4.69, 9.17) is 27.4 Å². The molecule has 3 nitrogen and oxygen atoms in total. The molecule has 0 bridgehead atoms. The first-order chi connectivity index (χ1) is 8.69. The van der Waals surface area contributed by atoms with E-state index in [0.717, 1.165) is 23.5 Å². The van der Waals surface area contributed by atoms with E-state index in [0.29, 0.717) is 24.0 Å². The summed E-state index contributed by atoms with van der Waals surface area (Å²) < 4.78 is 11.2. The first kappa shape index (κ1) is 15.1. The molecule has 100 valence electrons. The summed E-state index contributed by atoms with van der Waals surface area (Å²) in [5.74, 6) is 2.54. The average Bonchev–Trinajstić information content (AvgIpc) is 2.36. The van der Waals surface area contributed by atoms with Gasteiger partial charge in [-0.15, -0.1) is 0 Å². The van der Waals surface area contributed by atoms with Crippen LogP contribution in [0.4, 0.5) is 0 Å². The summed E-state index contributed by atoms with van der Waals surface area (Å²) in [5, 5.41) is 0. The van der Waals surface area contributed by atoms with Crippen LogP contribution < -0.4 is 15.2 Å². The van der Waals surface area contributed by atoms with Crippen molar-refractivity contribution in [3.63, 3.8) is 0 Å². The van der Waals surface area contributed by atoms with Crippen molar-refractivity contribution in [1.82, 2.24) is 0 Å². The second kappa shape index (κ2) is 8.21. The van der Waals surface area contributed by atoms with Crippen molar-refractivity contribution >= 4 is 29.0 Å². The van der Waals surface area contributed by atoms with Gasteiger partial charge in [-0.25, -0.2) is 0 Å². The summed E-state index contributed by atoms with van der Waals surface area (Å²) in [4.78, 5) is 0.366. The van der Waals surface area contributed by atoms with Crippen molar-refractivity contribution < 1.29 is 9.47 Å². The lowest BCUT2D eigenvalue weighted by Gasteiger charge is -2.13. The molecule has 0 aliphatic heterocycles. The van der Waals surface area contributed by atoms with Crippen LogP contribution in [0.3, 0.4) is 0 Å². The van der Waals surface area contributed by atoms with Crippen LogP contribution in [-0.4, -0.2) is 30.2 Å². The van der Waals surface area contributed by atoms with Gasteiger partial charge in [0.25, 0.3) is 0 Å². The van der Waals surface area contributed by atoms with Gasteiger partial charge in [-0.1, -0.05) is 12.2 Å². The van der Waals surface area contributed by atoms with E-state index in [9.17, 15) is 0 Å². The predicted octanol–water partition coefficient (Wildman–Crippen LogP) is 2.85. The normalized spacial score (nSPS) is 10.1. The third-order valence-electron chi connectivity index (χ3n) is 2.28. The van der Waals surface area contributed by atoms with E-state index in [-0.39, 0.29) is 0 Å². The highest BCUT2D eigenvalue weighted by Crippen LogP contribution is 2.28. The van der Waals surface area contributed by atoms with E-state index in [2.05, 4.69) is 6.26 Å². The van der Waals surface area contributed by atoms with Gasteiger partial charge in [-0.3, -0.25) is 0 Å². The topological polar surface area (TPSA) is 44.5 Å². The van der Waals surface area contributed by atoms with Crippen LogP contribution in [-0.2, 0) is 0 Å². The Hall–Kier alpha value is -0.940. The molecule has 0 atom stereocenters. The zero-order chi connectivity index (χ0) is 13.4. The van der Waals surface area contributed by atoms with Gasteiger partial charge < -0.3 is 15.2 Å². The minimum atomic E-state index is 0.366. The largest absolute Gasteiger partial charge is 0.490 e. The lowest BCUT2D eigenvalue weighted by atomic mass is 10.2. The molecule has 0 saturated heterocycles. The third kappa shape index (κ3) is 4.74. The maximum absolute atomic E-state index is 5.70. The van der Waals surface area contributed by atoms with E-state index >= 15 is 0 Å². The molecule has 0 aliphatic carbocycles. The van der Waals surface area contributed by atoms with Crippen LogP contribution >= 0.6 is 24.0 Å². The number of thiocarbonyl (C=S) groups is 1. The van der Waals surface area contributed by atoms with Gasteiger partial charge in [0.2, 0.25) is 0 Å². The zero-order valence-electron chi connectivity index (χ0n) is 10.8. The zero-order valence-corrected chi connectivity index (χ0v) is 12.4. The molecule has 0 spiro atoms. The second-order valence-electron chi connectivity index (χ2n) is 3.65. The molecule has 0 saturated carbocycles. The Bertz CT molecular complexity index is 397. The molecular formula is C13H19NO2S2. The molecule has 18 heavy (non-hydrogen) atoms. The number of nitrogens with two attached hydrogens (primary N) is 1. The number of rotatable bonds is 8. The minimum absolute atomic E-state index is 0.366. The van der Waals surface area contributed by atoms with Crippen LogP contribution in [0.25, 0.3) is 0 Å². The highest BCUT2D eigenvalue weighted by molar-refractivity contribution is 7.98. The summed E-state index contributed by atoms with van der Waals surface area (Å²) in [7, 11) is 0. The first-order valence-electron chi connectivity index (χ1n) is 5.87. The van der Waals surface area contributed by atoms with Gasteiger partial charge in [0.05, 0.1) is 13.2 Å². The molecular weight excluding hydrogens is 266 g/mol. The van der Waals surface area contributed by atoms with Crippen molar-refractivity contribution in [2.75, 3.05) is 25.2 Å². The maximum atomic E-state index is 5.70. The van der Waals surface area contributed by atoms with Gasteiger partial charge in [0.15, 0.2) is 11.5 Å².